The summed E-state index contributed by atoms with van der Waals surface area (Å²) in [4.78, 5) is 0. The first-order chi connectivity index (χ1) is 18.8. The number of hydrogen-bond acceptors (Lipinski definition) is 2. The van der Waals surface area contributed by atoms with Crippen LogP contribution in [-0.4, -0.2) is 0 Å². The Kier molecular flexibility index (Phi) is 5.49. The van der Waals surface area contributed by atoms with Gasteiger partial charge >= 0.3 is 0 Å². The van der Waals surface area contributed by atoms with Crippen molar-refractivity contribution in [2.45, 2.75) is 0 Å². The molecule has 2 heteroatoms. The zero-order chi connectivity index (χ0) is 25.3. The number of nitrogens with one attached hydrogen (secondary N) is 1. The van der Waals surface area contributed by atoms with Crippen LogP contribution in [0.4, 0.5) is 11.4 Å². The Balaban J connectivity index is 1.34. The lowest BCUT2D eigenvalue weighted by Gasteiger charge is -2.15. The van der Waals surface area contributed by atoms with Crippen molar-refractivity contribution in [1.82, 2.24) is 0 Å². The zero-order valence-corrected chi connectivity index (χ0v) is 20.8. The van der Waals surface area contributed by atoms with E-state index in [2.05, 4.69) is 133 Å². The first kappa shape index (κ1) is 22.1. The van der Waals surface area contributed by atoms with Crippen LogP contribution < -0.4 is 5.32 Å². The predicted octanol–water partition coefficient (Wildman–Crippen LogP) is 10.3. The molecule has 1 N–H and O–H groups in total. The van der Waals surface area contributed by atoms with Gasteiger partial charge in [0, 0.05) is 33.3 Å². The molecule has 0 bridgehead atoms. The summed E-state index contributed by atoms with van der Waals surface area (Å²) in [6.07, 6.45) is 0. The third-order valence-electron chi connectivity index (χ3n) is 7.07. The molecule has 0 unspecified atom stereocenters. The largest absolute Gasteiger partial charge is 0.455 e. The Bertz CT molecular complexity index is 1880. The maximum Gasteiger partial charge on any atom is 0.143 e. The number of benzene rings is 6. The van der Waals surface area contributed by atoms with Crippen LogP contribution in [0.1, 0.15) is 0 Å². The van der Waals surface area contributed by atoms with Gasteiger partial charge in [0.15, 0.2) is 0 Å². The summed E-state index contributed by atoms with van der Waals surface area (Å²) < 4.78 is 6.35. The van der Waals surface area contributed by atoms with Crippen LogP contribution in [0.5, 0.6) is 0 Å². The fourth-order valence-corrected chi connectivity index (χ4v) is 5.21. The van der Waals surface area contributed by atoms with Crippen molar-refractivity contribution in [3.63, 3.8) is 0 Å². The van der Waals surface area contributed by atoms with E-state index in [0.717, 1.165) is 55.6 Å². The highest BCUT2D eigenvalue weighted by molar-refractivity contribution is 6.09. The molecule has 38 heavy (non-hydrogen) atoms. The molecule has 0 aliphatic rings. The fourth-order valence-electron chi connectivity index (χ4n) is 5.21. The van der Waals surface area contributed by atoms with Crippen LogP contribution in [0.15, 0.2) is 150 Å². The van der Waals surface area contributed by atoms with Gasteiger partial charge in [0.1, 0.15) is 11.2 Å². The van der Waals surface area contributed by atoms with Gasteiger partial charge < -0.3 is 9.73 Å². The molecule has 0 saturated carbocycles. The fraction of sp³-hybridized carbons (Fsp3) is 0. The molecule has 2 nitrogen and oxygen atoms in total. The normalized spacial score (nSPS) is 11.2. The van der Waals surface area contributed by atoms with Gasteiger partial charge in [-0.25, -0.2) is 0 Å². The predicted molar refractivity (Wildman–Crippen MR) is 160 cm³/mol. The zero-order valence-electron chi connectivity index (χ0n) is 20.8. The van der Waals surface area contributed by atoms with Crippen molar-refractivity contribution in [1.29, 1.82) is 0 Å². The molecule has 0 fully saturated rings. The van der Waals surface area contributed by atoms with Crippen molar-refractivity contribution in [3.8, 4) is 33.4 Å². The van der Waals surface area contributed by atoms with E-state index in [1.807, 2.05) is 18.2 Å². The molecule has 7 aromatic rings. The Morgan fingerprint density at radius 1 is 0.421 bits per heavy atom. The van der Waals surface area contributed by atoms with Gasteiger partial charge in [-0.15, -0.1) is 0 Å². The molecule has 7 rings (SSSR count). The molecule has 0 spiro atoms. The summed E-state index contributed by atoms with van der Waals surface area (Å²) >= 11 is 0. The Hall–Kier alpha value is -5.08. The van der Waals surface area contributed by atoms with E-state index in [9.17, 15) is 0 Å². The van der Waals surface area contributed by atoms with Gasteiger partial charge in [-0.05, 0) is 52.6 Å². The van der Waals surface area contributed by atoms with E-state index < -0.39 is 0 Å². The lowest BCUT2D eigenvalue weighted by Crippen LogP contribution is -1.95. The Labute approximate surface area is 221 Å². The summed E-state index contributed by atoms with van der Waals surface area (Å²) in [6, 6.07) is 50.8. The lowest BCUT2D eigenvalue weighted by atomic mass is 9.96. The van der Waals surface area contributed by atoms with Gasteiger partial charge in [-0.2, -0.15) is 0 Å². The molecule has 1 aromatic heterocycles. The minimum atomic E-state index is 0.912. The molecule has 6 aromatic carbocycles. The molecular weight excluding hydrogens is 462 g/mol. The maximum absolute atomic E-state index is 6.35. The summed E-state index contributed by atoms with van der Waals surface area (Å²) in [7, 11) is 0. The first-order valence-corrected chi connectivity index (χ1v) is 12.9. The highest BCUT2D eigenvalue weighted by Crippen LogP contribution is 2.39. The molecule has 0 aliphatic carbocycles. The van der Waals surface area contributed by atoms with E-state index in [1.54, 1.807) is 0 Å². The Morgan fingerprint density at radius 3 is 1.95 bits per heavy atom. The number of para-hydroxylation sites is 2. The highest BCUT2D eigenvalue weighted by Gasteiger charge is 2.14. The van der Waals surface area contributed by atoms with E-state index in [0.29, 0.717) is 0 Å². The summed E-state index contributed by atoms with van der Waals surface area (Å²) in [5.41, 5.74) is 10.8. The van der Waals surface area contributed by atoms with Gasteiger partial charge in [0.25, 0.3) is 0 Å². The number of anilines is 2. The van der Waals surface area contributed by atoms with Crippen molar-refractivity contribution in [2.75, 3.05) is 5.32 Å². The van der Waals surface area contributed by atoms with Crippen LogP contribution in [-0.2, 0) is 0 Å². The van der Waals surface area contributed by atoms with Crippen LogP contribution in [0.3, 0.4) is 0 Å². The van der Waals surface area contributed by atoms with Gasteiger partial charge in [-0.1, -0.05) is 115 Å². The lowest BCUT2D eigenvalue weighted by molar-refractivity contribution is 0.670. The third-order valence-corrected chi connectivity index (χ3v) is 7.07. The number of rotatable bonds is 5. The van der Waals surface area contributed by atoms with Crippen LogP contribution in [0.2, 0.25) is 0 Å². The highest BCUT2D eigenvalue weighted by atomic mass is 16.3. The van der Waals surface area contributed by atoms with Crippen molar-refractivity contribution < 1.29 is 4.42 Å². The molecule has 1 heterocycles. The standard InChI is InChI=1S/C36H25NO/c1-3-11-25(12-4-1)27-15-9-16-29(23-27)37-34-22-21-28(24-33(34)26-13-5-2-6-14-26)30-18-10-19-32-31-17-7-8-20-35(31)38-36(30)32/h1-24,37H. The first-order valence-electron chi connectivity index (χ1n) is 12.9. The quantitative estimate of drug-likeness (QED) is 0.261. The molecular formula is C36H25NO. The summed E-state index contributed by atoms with van der Waals surface area (Å²) in [5.74, 6) is 0. The smallest absolute Gasteiger partial charge is 0.143 e. The van der Waals surface area contributed by atoms with E-state index >= 15 is 0 Å². The van der Waals surface area contributed by atoms with Crippen molar-refractivity contribution >= 4 is 33.3 Å². The minimum absolute atomic E-state index is 0.912. The second-order valence-corrected chi connectivity index (χ2v) is 9.48. The topological polar surface area (TPSA) is 25.2 Å². The SMILES string of the molecule is c1ccc(-c2cccc(Nc3ccc(-c4cccc5c4oc4ccccc45)cc3-c3ccccc3)c2)cc1. The second-order valence-electron chi connectivity index (χ2n) is 9.48. The molecule has 0 amide bonds. The molecule has 0 aliphatic heterocycles. The average molecular weight is 488 g/mol. The minimum Gasteiger partial charge on any atom is -0.455 e. The van der Waals surface area contributed by atoms with Crippen molar-refractivity contribution in [3.05, 3.63) is 146 Å². The second kappa shape index (κ2) is 9.42. The average Bonchev–Trinajstić information content (AvgIpc) is 3.37. The van der Waals surface area contributed by atoms with E-state index in [-0.39, 0.29) is 0 Å². The van der Waals surface area contributed by atoms with E-state index in [1.165, 1.54) is 11.1 Å². The van der Waals surface area contributed by atoms with Crippen LogP contribution in [0.25, 0.3) is 55.3 Å². The third kappa shape index (κ3) is 4.03. The summed E-state index contributed by atoms with van der Waals surface area (Å²) in [6.45, 7) is 0. The van der Waals surface area contributed by atoms with Crippen molar-refractivity contribution in [2.24, 2.45) is 0 Å². The molecule has 180 valence electrons. The molecule has 0 radical (unpaired) electrons. The van der Waals surface area contributed by atoms with Gasteiger partial charge in [-0.3, -0.25) is 0 Å². The number of furan rings is 1. The molecule has 0 atom stereocenters. The number of hydrogen-bond donors (Lipinski definition) is 1. The summed E-state index contributed by atoms with van der Waals surface area (Å²) in [5, 5.41) is 5.98. The van der Waals surface area contributed by atoms with Crippen LogP contribution in [0, 0.1) is 0 Å². The van der Waals surface area contributed by atoms with E-state index in [4.69, 9.17) is 4.42 Å². The number of fused-ring (bicyclic) bond motifs is 3. The molecule has 0 saturated heterocycles. The van der Waals surface area contributed by atoms with Gasteiger partial charge in [0.2, 0.25) is 0 Å². The van der Waals surface area contributed by atoms with Gasteiger partial charge in [0.05, 0.1) is 0 Å². The monoisotopic (exact) mass is 487 g/mol. The Morgan fingerprint density at radius 2 is 1.11 bits per heavy atom. The maximum atomic E-state index is 6.35. The van der Waals surface area contributed by atoms with Crippen LogP contribution >= 0.6 is 0 Å².